The molecule has 0 atom stereocenters. The fourth-order valence-corrected chi connectivity index (χ4v) is 5.17. The molecule has 0 aliphatic carbocycles. The van der Waals surface area contributed by atoms with E-state index >= 15 is 0 Å². The summed E-state index contributed by atoms with van der Waals surface area (Å²) in [5, 5.41) is 2.48. The van der Waals surface area contributed by atoms with Crippen molar-refractivity contribution in [1.82, 2.24) is 5.32 Å². The van der Waals surface area contributed by atoms with Gasteiger partial charge in [0.05, 0.1) is 30.7 Å². The Morgan fingerprint density at radius 3 is 2.19 bits per heavy atom. The van der Waals surface area contributed by atoms with Crippen LogP contribution in [0.15, 0.2) is 52.3 Å². The molecule has 2 aromatic carbocycles. The third-order valence-electron chi connectivity index (χ3n) is 4.82. The second kappa shape index (κ2) is 9.03. The number of rotatable bonds is 7. The lowest BCUT2D eigenvalue weighted by molar-refractivity contribution is -0.137. The molecule has 0 spiro atoms. The maximum atomic E-state index is 12.9. The summed E-state index contributed by atoms with van der Waals surface area (Å²) >= 11 is 5.97. The Morgan fingerprint density at radius 2 is 1.62 bits per heavy atom. The molecule has 0 aliphatic heterocycles. The first-order chi connectivity index (χ1) is 14.5. The van der Waals surface area contributed by atoms with Crippen molar-refractivity contribution in [1.29, 1.82) is 0 Å². The van der Waals surface area contributed by atoms with E-state index in [0.29, 0.717) is 6.07 Å². The second-order valence-electron chi connectivity index (χ2n) is 7.71. The molecule has 0 heterocycles. The van der Waals surface area contributed by atoms with Crippen molar-refractivity contribution >= 4 is 37.2 Å². The fraction of sp³-hybridized carbons (Fsp3) is 0.350. The molecule has 0 aromatic heterocycles. The molecule has 6 nitrogen and oxygen atoms in total. The molecule has 0 fully saturated rings. The lowest BCUT2D eigenvalue weighted by Gasteiger charge is -2.25. The third-order valence-corrected chi connectivity index (χ3v) is 8.80. The van der Waals surface area contributed by atoms with Gasteiger partial charge in [0.25, 0.3) is 5.91 Å². The molecule has 2 aromatic rings. The molecule has 1 amide bonds. The summed E-state index contributed by atoms with van der Waals surface area (Å²) in [4.78, 5) is 11.8. The average molecular weight is 512 g/mol. The van der Waals surface area contributed by atoms with Gasteiger partial charge >= 0.3 is 6.18 Å². The highest BCUT2D eigenvalue weighted by atomic mass is 35.5. The van der Waals surface area contributed by atoms with Crippen LogP contribution in [0.25, 0.3) is 0 Å². The number of amides is 1. The molecule has 32 heavy (non-hydrogen) atoms. The SMILES string of the molecule is CC(C)(CCNC(=O)c1cc(S(C)(=O)=O)ccc1Cl)S(=O)(=O)c1cccc(C(F)(F)F)c1. The Labute approximate surface area is 189 Å². The van der Waals surface area contributed by atoms with Crippen molar-refractivity contribution in [2.75, 3.05) is 12.8 Å². The van der Waals surface area contributed by atoms with Crippen LogP contribution in [0.3, 0.4) is 0 Å². The molecule has 0 aliphatic rings. The van der Waals surface area contributed by atoms with Crippen LogP contribution in [0.1, 0.15) is 36.2 Å². The number of carbonyl (C=O) groups excluding carboxylic acids is 1. The van der Waals surface area contributed by atoms with Crippen molar-refractivity contribution in [2.45, 2.75) is 41.0 Å². The van der Waals surface area contributed by atoms with Crippen LogP contribution in [0.2, 0.25) is 5.02 Å². The van der Waals surface area contributed by atoms with E-state index in [9.17, 15) is 34.8 Å². The summed E-state index contributed by atoms with van der Waals surface area (Å²) in [5.41, 5.74) is -1.18. The smallest absolute Gasteiger partial charge is 0.352 e. The van der Waals surface area contributed by atoms with Crippen LogP contribution in [-0.2, 0) is 25.9 Å². The molecular formula is C20H21ClF3NO5S2. The highest BCUT2D eigenvalue weighted by Gasteiger charge is 2.38. The zero-order chi connectivity index (χ0) is 24.5. The monoisotopic (exact) mass is 511 g/mol. The summed E-state index contributed by atoms with van der Waals surface area (Å²) in [6.07, 6.45) is -3.84. The quantitative estimate of drug-likeness (QED) is 0.602. The average Bonchev–Trinajstić information content (AvgIpc) is 2.66. The first-order valence-electron chi connectivity index (χ1n) is 9.16. The van der Waals surface area contributed by atoms with Gasteiger partial charge in [-0.1, -0.05) is 17.7 Å². The summed E-state index contributed by atoms with van der Waals surface area (Å²) in [7, 11) is -7.76. The highest BCUT2D eigenvalue weighted by Crippen LogP contribution is 2.34. The van der Waals surface area contributed by atoms with Crippen molar-refractivity contribution in [3.05, 3.63) is 58.6 Å². The van der Waals surface area contributed by atoms with Gasteiger partial charge < -0.3 is 5.32 Å². The van der Waals surface area contributed by atoms with E-state index in [4.69, 9.17) is 11.6 Å². The minimum atomic E-state index is -4.69. The van der Waals surface area contributed by atoms with Crippen LogP contribution in [0, 0.1) is 0 Å². The van der Waals surface area contributed by atoms with Crippen molar-refractivity contribution < 1.29 is 34.8 Å². The standard InChI is InChI=1S/C20H21ClF3NO5S2/c1-19(2,32(29,30)15-6-4-5-13(11-15)20(22,23)24)9-10-25-18(26)16-12-14(31(3,27)28)7-8-17(16)21/h4-8,11-12H,9-10H2,1-3H3,(H,25,26). The maximum Gasteiger partial charge on any atom is 0.416 e. The highest BCUT2D eigenvalue weighted by molar-refractivity contribution is 7.92. The molecule has 0 saturated carbocycles. The molecular weight excluding hydrogens is 491 g/mol. The number of nitrogens with one attached hydrogen (secondary N) is 1. The Hall–Kier alpha value is -2.11. The molecule has 0 saturated heterocycles. The van der Waals surface area contributed by atoms with E-state index in [2.05, 4.69) is 5.32 Å². The van der Waals surface area contributed by atoms with Gasteiger partial charge in [-0.25, -0.2) is 16.8 Å². The minimum Gasteiger partial charge on any atom is -0.352 e. The van der Waals surface area contributed by atoms with Crippen molar-refractivity contribution in [3.63, 3.8) is 0 Å². The summed E-state index contributed by atoms with van der Waals surface area (Å²) in [6.45, 7) is 2.53. The van der Waals surface area contributed by atoms with Crippen LogP contribution < -0.4 is 5.32 Å². The summed E-state index contributed by atoms with van der Waals surface area (Å²) in [6, 6.07) is 7.07. The Morgan fingerprint density at radius 1 is 1.00 bits per heavy atom. The summed E-state index contributed by atoms with van der Waals surface area (Å²) < 4.78 is 86.5. The van der Waals surface area contributed by atoms with E-state index in [1.165, 1.54) is 26.0 Å². The minimum absolute atomic E-state index is 0.00532. The van der Waals surface area contributed by atoms with E-state index in [-0.39, 0.29) is 28.4 Å². The number of halogens is 4. The molecule has 0 radical (unpaired) electrons. The lowest BCUT2D eigenvalue weighted by atomic mass is 10.1. The normalized spacial score (nSPS) is 13.1. The topological polar surface area (TPSA) is 97.4 Å². The van der Waals surface area contributed by atoms with Gasteiger partial charge in [0.1, 0.15) is 0 Å². The van der Waals surface area contributed by atoms with Gasteiger partial charge in [-0.15, -0.1) is 0 Å². The van der Waals surface area contributed by atoms with Gasteiger partial charge in [0.15, 0.2) is 19.7 Å². The number of benzene rings is 2. The van der Waals surface area contributed by atoms with Crippen molar-refractivity contribution in [3.8, 4) is 0 Å². The van der Waals surface area contributed by atoms with E-state index < -0.39 is 47.0 Å². The maximum absolute atomic E-state index is 12.9. The van der Waals surface area contributed by atoms with Gasteiger partial charge in [-0.2, -0.15) is 13.2 Å². The first-order valence-corrected chi connectivity index (χ1v) is 12.9. The molecule has 0 bridgehead atoms. The number of alkyl halides is 3. The Kier molecular flexibility index (Phi) is 7.38. The molecule has 176 valence electrons. The summed E-state index contributed by atoms with van der Waals surface area (Å²) in [5.74, 6) is -0.715. The van der Waals surface area contributed by atoms with E-state index in [0.717, 1.165) is 30.5 Å². The number of carbonyl (C=O) groups is 1. The van der Waals surface area contributed by atoms with Crippen LogP contribution in [-0.4, -0.2) is 40.3 Å². The van der Waals surface area contributed by atoms with Crippen LogP contribution >= 0.6 is 11.6 Å². The number of sulfone groups is 2. The second-order valence-corrected chi connectivity index (χ2v) is 12.7. The van der Waals surface area contributed by atoms with Gasteiger partial charge in [0.2, 0.25) is 0 Å². The lowest BCUT2D eigenvalue weighted by Crippen LogP contribution is -2.37. The van der Waals surface area contributed by atoms with E-state index in [1.54, 1.807) is 0 Å². The predicted molar refractivity (Wildman–Crippen MR) is 114 cm³/mol. The molecule has 1 N–H and O–H groups in total. The van der Waals surface area contributed by atoms with E-state index in [1.807, 2.05) is 0 Å². The van der Waals surface area contributed by atoms with Crippen LogP contribution in [0.5, 0.6) is 0 Å². The predicted octanol–water partition coefficient (Wildman–Crippen LogP) is 4.13. The van der Waals surface area contributed by atoms with Crippen molar-refractivity contribution in [2.24, 2.45) is 0 Å². The zero-order valence-electron chi connectivity index (χ0n) is 17.3. The fourth-order valence-electron chi connectivity index (χ4n) is 2.77. The van der Waals surface area contributed by atoms with Gasteiger partial charge in [0, 0.05) is 12.8 Å². The Bertz CT molecular complexity index is 1240. The molecule has 12 heteroatoms. The molecule has 0 unspecified atom stereocenters. The number of hydrogen-bond donors (Lipinski definition) is 1. The Balaban J connectivity index is 2.18. The number of hydrogen-bond acceptors (Lipinski definition) is 5. The first kappa shape index (κ1) is 26.1. The molecule has 2 rings (SSSR count). The van der Waals surface area contributed by atoms with Gasteiger partial charge in [-0.05, 0) is 56.7 Å². The largest absolute Gasteiger partial charge is 0.416 e. The zero-order valence-corrected chi connectivity index (χ0v) is 19.7. The van der Waals surface area contributed by atoms with Gasteiger partial charge in [-0.3, -0.25) is 4.79 Å². The third kappa shape index (κ3) is 5.81. The van der Waals surface area contributed by atoms with Crippen LogP contribution in [0.4, 0.5) is 13.2 Å².